The summed E-state index contributed by atoms with van der Waals surface area (Å²) in [5.41, 5.74) is 3.21. The second-order valence-corrected chi connectivity index (χ2v) is 6.18. The molecule has 0 saturated carbocycles. The predicted octanol–water partition coefficient (Wildman–Crippen LogP) is 2.63. The van der Waals surface area contributed by atoms with Gasteiger partial charge >= 0.3 is 0 Å². The van der Waals surface area contributed by atoms with E-state index in [1.165, 1.54) is 5.56 Å². The molecule has 1 unspecified atom stereocenters. The van der Waals surface area contributed by atoms with Gasteiger partial charge in [0.25, 0.3) is 0 Å². The number of piperazine rings is 1. The number of nitrogens with one attached hydrogen (secondary N) is 1. The summed E-state index contributed by atoms with van der Waals surface area (Å²) in [5.74, 6) is -0.0737. The van der Waals surface area contributed by atoms with Crippen molar-refractivity contribution >= 4 is 11.8 Å². The van der Waals surface area contributed by atoms with Crippen LogP contribution < -0.4 is 5.32 Å². The summed E-state index contributed by atoms with van der Waals surface area (Å²) in [4.78, 5) is 26.7. The SMILES string of the molecule is Cc1ccc(CCC(=O)N2CCNC(=O)C2c2ccccc2)cc1. The first-order valence-corrected chi connectivity index (χ1v) is 8.33. The lowest BCUT2D eigenvalue weighted by Gasteiger charge is -2.35. The second-order valence-electron chi connectivity index (χ2n) is 6.18. The molecule has 124 valence electrons. The zero-order valence-corrected chi connectivity index (χ0v) is 13.9. The molecule has 0 aromatic heterocycles. The topological polar surface area (TPSA) is 49.4 Å². The number of hydrogen-bond acceptors (Lipinski definition) is 2. The van der Waals surface area contributed by atoms with Crippen LogP contribution in [-0.2, 0) is 16.0 Å². The number of hydrogen-bond donors (Lipinski definition) is 1. The molecule has 1 aliphatic rings. The summed E-state index contributed by atoms with van der Waals surface area (Å²) in [5, 5.41) is 2.86. The van der Waals surface area contributed by atoms with Gasteiger partial charge in [-0.3, -0.25) is 9.59 Å². The summed E-state index contributed by atoms with van der Waals surface area (Å²) in [6.45, 7) is 3.11. The molecular weight excluding hydrogens is 300 g/mol. The second kappa shape index (κ2) is 7.30. The first-order valence-electron chi connectivity index (χ1n) is 8.33. The molecule has 1 heterocycles. The van der Waals surface area contributed by atoms with E-state index in [0.29, 0.717) is 25.9 Å². The lowest BCUT2D eigenvalue weighted by molar-refractivity contribution is -0.143. The van der Waals surface area contributed by atoms with E-state index in [-0.39, 0.29) is 11.8 Å². The molecule has 4 nitrogen and oxygen atoms in total. The van der Waals surface area contributed by atoms with Crippen LogP contribution in [0.15, 0.2) is 54.6 Å². The van der Waals surface area contributed by atoms with Crippen molar-refractivity contribution in [2.45, 2.75) is 25.8 Å². The van der Waals surface area contributed by atoms with Crippen molar-refractivity contribution in [2.75, 3.05) is 13.1 Å². The lowest BCUT2D eigenvalue weighted by atomic mass is 10.0. The van der Waals surface area contributed by atoms with Gasteiger partial charge in [0.1, 0.15) is 6.04 Å². The Morgan fingerprint density at radius 1 is 1.12 bits per heavy atom. The molecule has 24 heavy (non-hydrogen) atoms. The molecule has 1 aliphatic heterocycles. The van der Waals surface area contributed by atoms with Crippen LogP contribution in [0.3, 0.4) is 0 Å². The Labute approximate surface area is 142 Å². The van der Waals surface area contributed by atoms with Gasteiger partial charge < -0.3 is 10.2 Å². The van der Waals surface area contributed by atoms with E-state index < -0.39 is 6.04 Å². The highest BCUT2D eigenvalue weighted by molar-refractivity contribution is 5.89. The first kappa shape index (κ1) is 16.2. The molecule has 1 saturated heterocycles. The van der Waals surface area contributed by atoms with Crippen molar-refractivity contribution in [1.82, 2.24) is 10.2 Å². The van der Waals surface area contributed by atoms with Gasteiger partial charge in [-0.1, -0.05) is 60.2 Å². The fourth-order valence-electron chi connectivity index (χ4n) is 3.05. The molecule has 0 spiro atoms. The van der Waals surface area contributed by atoms with E-state index in [1.54, 1.807) is 4.90 Å². The third-order valence-corrected chi connectivity index (χ3v) is 4.40. The average molecular weight is 322 g/mol. The predicted molar refractivity (Wildman–Crippen MR) is 93.4 cm³/mol. The van der Waals surface area contributed by atoms with Gasteiger partial charge in [0.15, 0.2) is 0 Å². The third kappa shape index (κ3) is 3.65. The van der Waals surface area contributed by atoms with Crippen LogP contribution in [-0.4, -0.2) is 29.8 Å². The Bertz CT molecular complexity index is 710. The molecule has 3 rings (SSSR count). The number of nitrogens with zero attached hydrogens (tertiary/aromatic N) is 1. The Hall–Kier alpha value is -2.62. The Balaban J connectivity index is 1.71. The van der Waals surface area contributed by atoms with Crippen molar-refractivity contribution in [3.05, 3.63) is 71.3 Å². The van der Waals surface area contributed by atoms with E-state index in [0.717, 1.165) is 11.1 Å². The minimum absolute atomic E-state index is 0.0271. The normalized spacial score (nSPS) is 17.5. The number of benzene rings is 2. The van der Waals surface area contributed by atoms with Crippen LogP contribution in [0.2, 0.25) is 0 Å². The fraction of sp³-hybridized carbons (Fsp3) is 0.300. The largest absolute Gasteiger partial charge is 0.352 e. The van der Waals surface area contributed by atoms with Crippen molar-refractivity contribution in [3.63, 3.8) is 0 Å². The zero-order valence-electron chi connectivity index (χ0n) is 13.9. The first-order chi connectivity index (χ1) is 11.6. The summed E-state index contributed by atoms with van der Waals surface area (Å²) < 4.78 is 0. The molecular formula is C20H22N2O2. The monoisotopic (exact) mass is 322 g/mol. The molecule has 0 bridgehead atoms. The maximum Gasteiger partial charge on any atom is 0.247 e. The van der Waals surface area contributed by atoms with E-state index in [9.17, 15) is 9.59 Å². The van der Waals surface area contributed by atoms with Crippen molar-refractivity contribution in [2.24, 2.45) is 0 Å². The Kier molecular flexibility index (Phi) is 4.94. The van der Waals surface area contributed by atoms with Gasteiger partial charge in [0.2, 0.25) is 11.8 Å². The van der Waals surface area contributed by atoms with Crippen LogP contribution in [0.1, 0.15) is 29.2 Å². The number of amides is 2. The molecule has 0 radical (unpaired) electrons. The van der Waals surface area contributed by atoms with E-state index >= 15 is 0 Å². The van der Waals surface area contributed by atoms with Crippen LogP contribution in [0.4, 0.5) is 0 Å². The summed E-state index contributed by atoms with van der Waals surface area (Å²) in [6.07, 6.45) is 1.11. The molecule has 1 fully saturated rings. The van der Waals surface area contributed by atoms with Crippen molar-refractivity contribution in [3.8, 4) is 0 Å². The maximum atomic E-state index is 12.7. The minimum atomic E-state index is -0.523. The summed E-state index contributed by atoms with van der Waals surface area (Å²) >= 11 is 0. The van der Waals surface area contributed by atoms with Crippen LogP contribution in [0.5, 0.6) is 0 Å². The highest BCUT2D eigenvalue weighted by atomic mass is 16.2. The standard InChI is InChI=1S/C20H22N2O2/c1-15-7-9-16(10-8-15)11-12-18(23)22-14-13-21-20(24)19(22)17-5-3-2-4-6-17/h2-10,19H,11-14H2,1H3,(H,21,24). The molecule has 2 amide bonds. The molecule has 4 heteroatoms. The Morgan fingerprint density at radius 2 is 1.83 bits per heavy atom. The van der Waals surface area contributed by atoms with E-state index in [2.05, 4.69) is 29.6 Å². The smallest absolute Gasteiger partial charge is 0.247 e. The highest BCUT2D eigenvalue weighted by Crippen LogP contribution is 2.24. The quantitative estimate of drug-likeness (QED) is 0.941. The number of aryl methyl sites for hydroxylation is 2. The van der Waals surface area contributed by atoms with Gasteiger partial charge in [-0.2, -0.15) is 0 Å². The third-order valence-electron chi connectivity index (χ3n) is 4.40. The summed E-state index contributed by atoms with van der Waals surface area (Å²) in [7, 11) is 0. The van der Waals surface area contributed by atoms with E-state index in [1.807, 2.05) is 37.3 Å². The van der Waals surface area contributed by atoms with Gasteiger partial charge in [-0.05, 0) is 24.5 Å². The molecule has 2 aromatic carbocycles. The van der Waals surface area contributed by atoms with Gasteiger partial charge in [0.05, 0.1) is 0 Å². The average Bonchev–Trinajstić information content (AvgIpc) is 2.61. The van der Waals surface area contributed by atoms with Gasteiger partial charge in [-0.25, -0.2) is 0 Å². The molecule has 2 aromatic rings. The lowest BCUT2D eigenvalue weighted by Crippen LogP contribution is -2.52. The zero-order chi connectivity index (χ0) is 16.9. The summed E-state index contributed by atoms with van der Waals surface area (Å²) in [6, 6.07) is 17.2. The Morgan fingerprint density at radius 3 is 2.54 bits per heavy atom. The molecule has 1 atom stereocenters. The molecule has 1 N–H and O–H groups in total. The number of carbonyl (C=O) groups excluding carboxylic acids is 2. The van der Waals surface area contributed by atoms with Gasteiger partial charge in [-0.15, -0.1) is 0 Å². The van der Waals surface area contributed by atoms with Gasteiger partial charge in [0, 0.05) is 19.5 Å². The van der Waals surface area contributed by atoms with Crippen LogP contribution in [0, 0.1) is 6.92 Å². The number of rotatable bonds is 4. The van der Waals surface area contributed by atoms with E-state index in [4.69, 9.17) is 0 Å². The number of carbonyl (C=O) groups is 2. The van der Waals surface area contributed by atoms with Crippen molar-refractivity contribution in [1.29, 1.82) is 0 Å². The minimum Gasteiger partial charge on any atom is -0.352 e. The van der Waals surface area contributed by atoms with Crippen LogP contribution >= 0.6 is 0 Å². The van der Waals surface area contributed by atoms with Crippen molar-refractivity contribution < 1.29 is 9.59 Å². The van der Waals surface area contributed by atoms with Crippen LogP contribution in [0.25, 0.3) is 0 Å². The highest BCUT2D eigenvalue weighted by Gasteiger charge is 2.33. The molecule has 0 aliphatic carbocycles. The fourth-order valence-corrected chi connectivity index (χ4v) is 3.05. The maximum absolute atomic E-state index is 12.7.